The number of aromatic amines is 1. The molecule has 6 heteroatoms. The number of nitrogens with zero attached hydrogens (tertiary/aromatic N) is 1. The molecule has 2 aromatic heterocycles. The summed E-state index contributed by atoms with van der Waals surface area (Å²) in [6.45, 7) is 5.81. The smallest absolute Gasteiger partial charge is 0.255 e. The lowest BCUT2D eigenvalue weighted by Gasteiger charge is -2.19. The van der Waals surface area contributed by atoms with Crippen LogP contribution >= 0.6 is 0 Å². The van der Waals surface area contributed by atoms with Gasteiger partial charge in [-0.25, -0.2) is 0 Å². The fraction of sp³-hybridized carbons (Fsp3) is 0.310. The summed E-state index contributed by atoms with van der Waals surface area (Å²) in [6, 6.07) is 6.82. The molecule has 0 saturated carbocycles. The Morgan fingerprint density at radius 1 is 1.31 bits per heavy atom. The molecule has 0 radical (unpaired) electrons. The molecule has 4 rings (SSSR count). The number of H-pyrrole nitrogens is 1. The first kappa shape index (κ1) is 24.3. The molecule has 1 aliphatic carbocycles. The first-order valence-electron chi connectivity index (χ1n) is 12.0. The van der Waals surface area contributed by atoms with Gasteiger partial charge in [0.2, 0.25) is 0 Å². The molecule has 35 heavy (non-hydrogen) atoms. The van der Waals surface area contributed by atoms with Gasteiger partial charge in [0.15, 0.2) is 0 Å². The van der Waals surface area contributed by atoms with Gasteiger partial charge in [0, 0.05) is 40.6 Å². The van der Waals surface area contributed by atoms with Crippen LogP contribution in [0.2, 0.25) is 0 Å². The molecule has 0 fully saturated rings. The molecule has 0 saturated heterocycles. The molecule has 0 aliphatic heterocycles. The Hall–Kier alpha value is -3.82. The number of allylic oxidation sites excluding steroid dienone is 4. The zero-order valence-corrected chi connectivity index (χ0v) is 20.3. The van der Waals surface area contributed by atoms with Crippen LogP contribution < -0.4 is 10.1 Å². The Labute approximate surface area is 206 Å². The molecule has 2 heterocycles. The van der Waals surface area contributed by atoms with Crippen molar-refractivity contribution in [2.75, 3.05) is 6.61 Å². The lowest BCUT2D eigenvalue weighted by molar-refractivity contribution is 0.0910. The first-order chi connectivity index (χ1) is 16.9. The minimum absolute atomic E-state index is 0.0923. The van der Waals surface area contributed by atoms with Crippen molar-refractivity contribution in [3.63, 3.8) is 0 Å². The normalized spacial score (nSPS) is 15.9. The van der Waals surface area contributed by atoms with Crippen molar-refractivity contribution in [1.29, 1.82) is 0 Å². The molecule has 6 nitrogen and oxygen atoms in total. The molecule has 2 atom stereocenters. The van der Waals surface area contributed by atoms with E-state index in [1.54, 1.807) is 24.5 Å². The standard InChI is InChI=1S/C29H31N3O3/c1-19(2)35-28-11-10-22(9-8-21-6-4-20(3)5-7-21)14-25(28)29(34)32-24(18-33)15-23-16-31-27-12-13-30-17-26(23)27/h4,6-7,10-14,16-17,19-20,24,31,33H,5,15,18H2,1-3H3,(H,32,34). The second-order valence-electron chi connectivity index (χ2n) is 9.15. The number of rotatable bonds is 7. The topological polar surface area (TPSA) is 87.2 Å². The van der Waals surface area contributed by atoms with E-state index in [2.05, 4.69) is 46.2 Å². The number of hydrogen-bond donors (Lipinski definition) is 3. The van der Waals surface area contributed by atoms with Crippen LogP contribution in [-0.4, -0.2) is 39.7 Å². The van der Waals surface area contributed by atoms with Crippen molar-refractivity contribution >= 4 is 16.8 Å². The van der Waals surface area contributed by atoms with Gasteiger partial charge in [-0.15, -0.1) is 0 Å². The molecule has 3 aromatic rings. The van der Waals surface area contributed by atoms with Crippen molar-refractivity contribution < 1.29 is 14.6 Å². The SMILES string of the molecule is CC1C=CC(C#Cc2ccc(OC(C)C)c(C(=O)NC(CO)Cc3c[nH]c4ccncc34)c2)=CC1. The van der Waals surface area contributed by atoms with Crippen molar-refractivity contribution in [2.24, 2.45) is 5.92 Å². The summed E-state index contributed by atoms with van der Waals surface area (Å²) in [6.07, 6.45) is 13.1. The van der Waals surface area contributed by atoms with Gasteiger partial charge in [-0.2, -0.15) is 0 Å². The number of amides is 1. The fourth-order valence-electron chi connectivity index (χ4n) is 3.98. The molecule has 1 aliphatic rings. The van der Waals surface area contributed by atoms with Crippen LogP contribution in [0.5, 0.6) is 5.75 Å². The van der Waals surface area contributed by atoms with E-state index >= 15 is 0 Å². The van der Waals surface area contributed by atoms with Gasteiger partial charge in [-0.3, -0.25) is 9.78 Å². The van der Waals surface area contributed by atoms with Gasteiger partial charge in [0.05, 0.1) is 24.3 Å². The Balaban J connectivity index is 1.55. The monoisotopic (exact) mass is 469 g/mol. The van der Waals surface area contributed by atoms with E-state index in [1.807, 2.05) is 38.3 Å². The Bertz CT molecular complexity index is 1320. The fourth-order valence-corrected chi connectivity index (χ4v) is 3.98. The highest BCUT2D eigenvalue weighted by Crippen LogP contribution is 2.23. The van der Waals surface area contributed by atoms with E-state index in [0.29, 0.717) is 23.7 Å². The number of hydrogen-bond acceptors (Lipinski definition) is 4. The minimum Gasteiger partial charge on any atom is -0.490 e. The summed E-state index contributed by atoms with van der Waals surface area (Å²) < 4.78 is 5.90. The second kappa shape index (κ2) is 11.1. The van der Waals surface area contributed by atoms with Crippen LogP contribution in [-0.2, 0) is 6.42 Å². The lowest BCUT2D eigenvalue weighted by atomic mass is 9.98. The molecule has 1 aromatic carbocycles. The minimum atomic E-state index is -0.470. The third-order valence-corrected chi connectivity index (χ3v) is 5.84. The molecule has 180 valence electrons. The highest BCUT2D eigenvalue weighted by Gasteiger charge is 2.20. The maximum atomic E-state index is 13.3. The highest BCUT2D eigenvalue weighted by atomic mass is 16.5. The van der Waals surface area contributed by atoms with Crippen molar-refractivity contribution in [1.82, 2.24) is 15.3 Å². The largest absolute Gasteiger partial charge is 0.490 e. The number of nitrogens with one attached hydrogen (secondary N) is 2. The number of pyridine rings is 1. The molecule has 2 unspecified atom stereocenters. The molecular formula is C29H31N3O3. The van der Waals surface area contributed by atoms with E-state index in [4.69, 9.17) is 4.74 Å². The van der Waals surface area contributed by atoms with Gasteiger partial charge in [0.1, 0.15) is 5.75 Å². The van der Waals surface area contributed by atoms with Crippen LogP contribution in [0.15, 0.2) is 66.7 Å². The highest BCUT2D eigenvalue weighted by molar-refractivity contribution is 5.97. The maximum Gasteiger partial charge on any atom is 0.255 e. The van der Waals surface area contributed by atoms with Crippen LogP contribution in [0.3, 0.4) is 0 Å². The third-order valence-electron chi connectivity index (χ3n) is 5.84. The Kier molecular flexibility index (Phi) is 7.69. The average molecular weight is 470 g/mol. The van der Waals surface area contributed by atoms with E-state index in [1.165, 1.54) is 0 Å². The van der Waals surface area contributed by atoms with E-state index < -0.39 is 6.04 Å². The number of ether oxygens (including phenoxy) is 1. The summed E-state index contributed by atoms with van der Waals surface area (Å²) >= 11 is 0. The molecule has 0 spiro atoms. The number of carbonyl (C=O) groups is 1. The molecule has 1 amide bonds. The summed E-state index contributed by atoms with van der Waals surface area (Å²) in [5.41, 5.74) is 4.04. The number of carbonyl (C=O) groups excluding carboxylic acids is 1. The van der Waals surface area contributed by atoms with Crippen molar-refractivity contribution in [2.45, 2.75) is 45.8 Å². The first-order valence-corrected chi connectivity index (χ1v) is 12.0. The molecular weight excluding hydrogens is 438 g/mol. The van der Waals surface area contributed by atoms with Crippen LogP contribution in [0, 0.1) is 17.8 Å². The zero-order chi connectivity index (χ0) is 24.8. The zero-order valence-electron chi connectivity index (χ0n) is 20.3. The molecule has 3 N–H and O–H groups in total. The third kappa shape index (κ3) is 6.20. The number of aliphatic hydroxyl groups is 1. The van der Waals surface area contributed by atoms with Crippen molar-refractivity contribution in [3.05, 3.63) is 83.3 Å². The number of benzene rings is 1. The summed E-state index contributed by atoms with van der Waals surface area (Å²) in [4.78, 5) is 20.7. The van der Waals surface area contributed by atoms with E-state index in [0.717, 1.165) is 34.0 Å². The van der Waals surface area contributed by atoms with Gasteiger partial charge in [0.25, 0.3) is 5.91 Å². The number of fused-ring (bicyclic) bond motifs is 1. The second-order valence-corrected chi connectivity index (χ2v) is 9.15. The Morgan fingerprint density at radius 3 is 2.91 bits per heavy atom. The van der Waals surface area contributed by atoms with Crippen LogP contribution in [0.4, 0.5) is 0 Å². The van der Waals surface area contributed by atoms with Gasteiger partial charge in [-0.05, 0) is 62.4 Å². The summed E-state index contributed by atoms with van der Waals surface area (Å²) in [7, 11) is 0. The van der Waals surface area contributed by atoms with E-state index in [9.17, 15) is 9.90 Å². The summed E-state index contributed by atoms with van der Waals surface area (Å²) in [5, 5.41) is 13.9. The Morgan fingerprint density at radius 2 is 2.17 bits per heavy atom. The summed E-state index contributed by atoms with van der Waals surface area (Å²) in [5.74, 6) is 7.05. The number of aliphatic hydroxyl groups excluding tert-OH is 1. The quantitative estimate of drug-likeness (QED) is 0.443. The molecule has 0 bridgehead atoms. The van der Waals surface area contributed by atoms with Gasteiger partial charge < -0.3 is 20.1 Å². The van der Waals surface area contributed by atoms with E-state index in [-0.39, 0.29) is 18.6 Å². The van der Waals surface area contributed by atoms with Crippen molar-refractivity contribution in [3.8, 4) is 17.6 Å². The van der Waals surface area contributed by atoms with Crippen LogP contribution in [0.1, 0.15) is 48.7 Å². The van der Waals surface area contributed by atoms with Crippen LogP contribution in [0.25, 0.3) is 10.9 Å². The predicted molar refractivity (Wildman–Crippen MR) is 138 cm³/mol. The predicted octanol–water partition coefficient (Wildman–Crippen LogP) is 4.56. The average Bonchev–Trinajstić information content (AvgIpc) is 3.26. The number of aromatic nitrogens is 2. The maximum absolute atomic E-state index is 13.3. The van der Waals surface area contributed by atoms with Gasteiger partial charge >= 0.3 is 0 Å². The lowest BCUT2D eigenvalue weighted by Crippen LogP contribution is -2.39. The van der Waals surface area contributed by atoms with Gasteiger partial charge in [-0.1, -0.05) is 37.0 Å².